The van der Waals surface area contributed by atoms with Crippen molar-refractivity contribution in [2.75, 3.05) is 12.4 Å². The van der Waals surface area contributed by atoms with Crippen molar-refractivity contribution in [3.05, 3.63) is 65.2 Å². The van der Waals surface area contributed by atoms with Crippen LogP contribution in [0.4, 0.5) is 5.69 Å². The average molecular weight is 353 g/mol. The molecule has 5 nitrogen and oxygen atoms in total. The Balaban J connectivity index is 1.92. The molecule has 2 aromatic rings. The average Bonchev–Trinajstić information content (AvgIpc) is 3.14. The van der Waals surface area contributed by atoms with Crippen LogP contribution in [-0.4, -0.2) is 24.1 Å². The minimum atomic E-state index is -1.03. The van der Waals surface area contributed by atoms with Crippen molar-refractivity contribution in [1.29, 1.82) is 0 Å². The van der Waals surface area contributed by atoms with E-state index in [1.165, 1.54) is 6.07 Å². The van der Waals surface area contributed by atoms with E-state index in [-0.39, 0.29) is 18.1 Å². The maximum atomic E-state index is 13.2. The molecule has 1 aliphatic carbocycles. The number of carbonyl (C=O) groups excluding carboxylic acids is 1. The maximum absolute atomic E-state index is 13.2. The molecule has 0 radical (unpaired) electrons. The van der Waals surface area contributed by atoms with Gasteiger partial charge in [-0.1, -0.05) is 43.2 Å². The molecule has 0 spiro atoms. The van der Waals surface area contributed by atoms with Gasteiger partial charge in [-0.25, -0.2) is 4.79 Å². The first-order valence-corrected chi connectivity index (χ1v) is 8.78. The van der Waals surface area contributed by atoms with E-state index in [0.717, 1.165) is 31.2 Å². The molecule has 0 saturated heterocycles. The number of carbonyl (C=O) groups is 2. The summed E-state index contributed by atoms with van der Waals surface area (Å²) in [4.78, 5) is 24.6. The van der Waals surface area contributed by atoms with E-state index < -0.39 is 11.4 Å². The minimum absolute atomic E-state index is 0.0768. The third-order valence-electron chi connectivity index (χ3n) is 5.03. The molecule has 136 valence electrons. The van der Waals surface area contributed by atoms with Crippen molar-refractivity contribution < 1.29 is 19.4 Å². The molecular weight excluding hydrogens is 330 g/mol. The third-order valence-corrected chi connectivity index (χ3v) is 5.03. The molecule has 1 amide bonds. The number of aromatic carboxylic acids is 1. The number of hydrogen-bond donors (Lipinski definition) is 2. The van der Waals surface area contributed by atoms with Crippen LogP contribution >= 0.6 is 0 Å². The SMILES string of the molecule is COCc1cc(NC(=O)C2(c3ccccc3)CCCC2)cc(C(=O)O)c1. The molecule has 0 unspecified atom stereocenters. The van der Waals surface area contributed by atoms with E-state index >= 15 is 0 Å². The zero-order valence-electron chi connectivity index (χ0n) is 14.8. The van der Waals surface area contributed by atoms with Crippen LogP contribution in [0.3, 0.4) is 0 Å². The topological polar surface area (TPSA) is 75.6 Å². The third kappa shape index (κ3) is 3.63. The van der Waals surface area contributed by atoms with Gasteiger partial charge in [0.2, 0.25) is 5.91 Å². The van der Waals surface area contributed by atoms with E-state index in [9.17, 15) is 14.7 Å². The highest BCUT2D eigenvalue weighted by Gasteiger charge is 2.42. The standard InChI is InChI=1S/C21H23NO4/c1-26-14-15-11-16(19(23)24)13-18(12-15)22-20(25)21(9-5-6-10-21)17-7-3-2-4-8-17/h2-4,7-8,11-13H,5-6,9-10,14H2,1H3,(H,22,25)(H,23,24). The van der Waals surface area contributed by atoms with Crippen LogP contribution in [0.5, 0.6) is 0 Å². The second kappa shape index (κ2) is 7.70. The fraction of sp³-hybridized carbons (Fsp3) is 0.333. The molecule has 1 fully saturated rings. The van der Waals surface area contributed by atoms with E-state index in [1.54, 1.807) is 19.2 Å². The molecule has 0 atom stereocenters. The van der Waals surface area contributed by atoms with Crippen LogP contribution in [0.2, 0.25) is 0 Å². The predicted octanol–water partition coefficient (Wildman–Crippen LogP) is 3.98. The van der Waals surface area contributed by atoms with Gasteiger partial charge in [0, 0.05) is 12.8 Å². The second-order valence-corrected chi connectivity index (χ2v) is 6.77. The number of nitrogens with one attached hydrogen (secondary N) is 1. The van der Waals surface area contributed by atoms with E-state index in [2.05, 4.69) is 5.32 Å². The summed E-state index contributed by atoms with van der Waals surface area (Å²) >= 11 is 0. The Kier molecular flexibility index (Phi) is 5.38. The molecule has 2 aromatic carbocycles. The van der Waals surface area contributed by atoms with Crippen molar-refractivity contribution in [2.24, 2.45) is 0 Å². The number of benzene rings is 2. The van der Waals surface area contributed by atoms with Crippen LogP contribution in [-0.2, 0) is 21.6 Å². The predicted molar refractivity (Wildman–Crippen MR) is 99.3 cm³/mol. The van der Waals surface area contributed by atoms with Crippen molar-refractivity contribution in [3.8, 4) is 0 Å². The molecule has 3 rings (SSSR count). The summed E-state index contributed by atoms with van der Waals surface area (Å²) < 4.78 is 5.11. The van der Waals surface area contributed by atoms with Gasteiger partial charge in [-0.15, -0.1) is 0 Å². The Morgan fingerprint density at radius 3 is 2.42 bits per heavy atom. The molecule has 1 saturated carbocycles. The number of carboxylic acids is 1. The second-order valence-electron chi connectivity index (χ2n) is 6.77. The lowest BCUT2D eigenvalue weighted by atomic mass is 9.78. The monoisotopic (exact) mass is 353 g/mol. The number of anilines is 1. The number of methoxy groups -OCH3 is 1. The Hall–Kier alpha value is -2.66. The molecular formula is C21H23NO4. The largest absolute Gasteiger partial charge is 0.478 e. The quantitative estimate of drug-likeness (QED) is 0.823. The van der Waals surface area contributed by atoms with E-state index in [0.29, 0.717) is 11.3 Å². The summed E-state index contributed by atoms with van der Waals surface area (Å²) in [6.45, 7) is 0.286. The van der Waals surface area contributed by atoms with Crippen LogP contribution in [0.1, 0.15) is 47.2 Å². The van der Waals surface area contributed by atoms with Gasteiger partial charge in [0.1, 0.15) is 0 Å². The molecule has 0 aromatic heterocycles. The van der Waals surface area contributed by atoms with Gasteiger partial charge in [0.15, 0.2) is 0 Å². The number of amides is 1. The fourth-order valence-corrected chi connectivity index (χ4v) is 3.77. The normalized spacial score (nSPS) is 15.6. The van der Waals surface area contributed by atoms with Gasteiger partial charge >= 0.3 is 5.97 Å². The molecule has 5 heteroatoms. The first-order chi connectivity index (χ1) is 12.5. The van der Waals surface area contributed by atoms with Crippen molar-refractivity contribution in [2.45, 2.75) is 37.7 Å². The van der Waals surface area contributed by atoms with Crippen LogP contribution < -0.4 is 5.32 Å². The highest BCUT2D eigenvalue weighted by molar-refractivity contribution is 6.00. The summed E-state index contributed by atoms with van der Waals surface area (Å²) in [5, 5.41) is 12.3. The van der Waals surface area contributed by atoms with Crippen molar-refractivity contribution >= 4 is 17.6 Å². The van der Waals surface area contributed by atoms with Crippen molar-refractivity contribution in [3.63, 3.8) is 0 Å². The number of hydrogen-bond acceptors (Lipinski definition) is 3. The van der Waals surface area contributed by atoms with Gasteiger partial charge in [-0.2, -0.15) is 0 Å². The van der Waals surface area contributed by atoms with Crippen LogP contribution in [0.15, 0.2) is 48.5 Å². The van der Waals surface area contributed by atoms with Crippen LogP contribution in [0, 0.1) is 0 Å². The zero-order valence-corrected chi connectivity index (χ0v) is 14.8. The lowest BCUT2D eigenvalue weighted by Gasteiger charge is -2.28. The van der Waals surface area contributed by atoms with E-state index in [1.807, 2.05) is 30.3 Å². The Morgan fingerprint density at radius 1 is 1.12 bits per heavy atom. The first kappa shape index (κ1) is 18.1. The summed E-state index contributed by atoms with van der Waals surface area (Å²) in [7, 11) is 1.55. The Morgan fingerprint density at radius 2 is 1.81 bits per heavy atom. The molecule has 0 heterocycles. The Labute approximate surface area is 153 Å². The highest BCUT2D eigenvalue weighted by Crippen LogP contribution is 2.42. The van der Waals surface area contributed by atoms with Gasteiger partial charge in [0.05, 0.1) is 17.6 Å². The lowest BCUT2D eigenvalue weighted by Crippen LogP contribution is -2.38. The molecule has 1 aliphatic rings. The summed E-state index contributed by atoms with van der Waals surface area (Å²) in [5.41, 5.74) is 1.80. The molecule has 0 aliphatic heterocycles. The van der Waals surface area contributed by atoms with Crippen LogP contribution in [0.25, 0.3) is 0 Å². The number of carboxylic acid groups (broad SMARTS) is 1. The minimum Gasteiger partial charge on any atom is -0.478 e. The Bertz CT molecular complexity index is 795. The number of rotatable bonds is 6. The molecule has 2 N–H and O–H groups in total. The molecule has 26 heavy (non-hydrogen) atoms. The first-order valence-electron chi connectivity index (χ1n) is 8.78. The van der Waals surface area contributed by atoms with E-state index in [4.69, 9.17) is 4.74 Å². The van der Waals surface area contributed by atoms with Gasteiger partial charge in [-0.05, 0) is 42.2 Å². The zero-order chi connectivity index (χ0) is 18.6. The van der Waals surface area contributed by atoms with Gasteiger partial charge in [0.25, 0.3) is 0 Å². The molecule has 0 bridgehead atoms. The summed E-state index contributed by atoms with van der Waals surface area (Å²) in [6, 6.07) is 14.6. The highest BCUT2D eigenvalue weighted by atomic mass is 16.5. The maximum Gasteiger partial charge on any atom is 0.335 e. The number of ether oxygens (including phenoxy) is 1. The van der Waals surface area contributed by atoms with Gasteiger partial charge < -0.3 is 15.2 Å². The smallest absolute Gasteiger partial charge is 0.335 e. The lowest BCUT2D eigenvalue weighted by molar-refractivity contribution is -0.121. The summed E-state index contributed by atoms with van der Waals surface area (Å²) in [5.74, 6) is -1.11. The van der Waals surface area contributed by atoms with Gasteiger partial charge in [-0.3, -0.25) is 4.79 Å². The fourth-order valence-electron chi connectivity index (χ4n) is 3.77. The van der Waals surface area contributed by atoms with Crippen molar-refractivity contribution in [1.82, 2.24) is 0 Å². The summed E-state index contributed by atoms with van der Waals surface area (Å²) in [6.07, 6.45) is 3.61.